The maximum Gasteiger partial charge on any atom is 0.307 e. The van der Waals surface area contributed by atoms with E-state index in [2.05, 4.69) is 5.32 Å². The molecule has 1 aromatic rings. The Morgan fingerprint density at radius 3 is 2.81 bits per heavy atom. The Morgan fingerprint density at radius 1 is 1.33 bits per heavy atom. The number of carbonyl (C=O) groups excluding carboxylic acids is 2. The molecule has 0 bridgehead atoms. The van der Waals surface area contributed by atoms with E-state index in [1.165, 1.54) is 6.92 Å². The molecule has 1 atom stereocenters. The number of rotatable bonds is 7. The van der Waals surface area contributed by atoms with Gasteiger partial charge in [0.15, 0.2) is 11.5 Å². The average molecular weight is 293 g/mol. The molecular formula is C15H19NO5. The predicted molar refractivity (Wildman–Crippen MR) is 75.1 cm³/mol. The van der Waals surface area contributed by atoms with Crippen LogP contribution in [0.25, 0.3) is 0 Å². The minimum atomic E-state index is -0.547. The molecule has 0 fully saturated rings. The summed E-state index contributed by atoms with van der Waals surface area (Å²) in [6.45, 7) is 4.19. The van der Waals surface area contributed by atoms with Gasteiger partial charge in [0.2, 0.25) is 6.79 Å². The molecular weight excluding hydrogens is 274 g/mol. The topological polar surface area (TPSA) is 73.9 Å². The van der Waals surface area contributed by atoms with Crippen molar-refractivity contribution in [1.82, 2.24) is 5.32 Å². The molecule has 6 nitrogen and oxygen atoms in total. The van der Waals surface area contributed by atoms with E-state index in [1.54, 1.807) is 6.92 Å². The molecule has 1 aromatic carbocycles. The van der Waals surface area contributed by atoms with Crippen LogP contribution in [0.3, 0.4) is 0 Å². The van der Waals surface area contributed by atoms with Crippen LogP contribution < -0.4 is 14.8 Å². The number of ether oxygens (including phenoxy) is 3. The fraction of sp³-hybridized carbons (Fsp3) is 0.467. The molecule has 114 valence electrons. The van der Waals surface area contributed by atoms with Crippen LogP contribution in [0.4, 0.5) is 0 Å². The predicted octanol–water partition coefficient (Wildman–Crippen LogP) is 1.42. The van der Waals surface area contributed by atoms with Crippen LogP contribution in [0.1, 0.15) is 25.8 Å². The lowest BCUT2D eigenvalue weighted by Crippen LogP contribution is -2.37. The van der Waals surface area contributed by atoms with E-state index >= 15 is 0 Å². The monoisotopic (exact) mass is 293 g/mol. The number of esters is 1. The van der Waals surface area contributed by atoms with Crippen molar-refractivity contribution in [2.75, 3.05) is 13.4 Å². The zero-order chi connectivity index (χ0) is 15.2. The lowest BCUT2D eigenvalue weighted by molar-refractivity contribution is -0.145. The van der Waals surface area contributed by atoms with Gasteiger partial charge in [-0.1, -0.05) is 6.07 Å². The van der Waals surface area contributed by atoms with E-state index < -0.39 is 6.04 Å². The lowest BCUT2D eigenvalue weighted by Gasteiger charge is -2.15. The Balaban J connectivity index is 1.92. The normalized spacial score (nSPS) is 13.8. The van der Waals surface area contributed by atoms with Crippen LogP contribution in [0, 0.1) is 0 Å². The molecule has 1 aliphatic rings. The summed E-state index contributed by atoms with van der Waals surface area (Å²) >= 11 is 0. The van der Waals surface area contributed by atoms with Gasteiger partial charge < -0.3 is 19.5 Å². The summed E-state index contributed by atoms with van der Waals surface area (Å²) in [5.41, 5.74) is 0.953. The molecule has 0 aliphatic carbocycles. The second-order valence-corrected chi connectivity index (χ2v) is 4.74. The molecule has 21 heavy (non-hydrogen) atoms. The number of nitrogens with one attached hydrogen (secondary N) is 1. The number of carbonyl (C=O) groups is 2. The van der Waals surface area contributed by atoms with Gasteiger partial charge in [-0.15, -0.1) is 0 Å². The van der Waals surface area contributed by atoms with Gasteiger partial charge in [0, 0.05) is 6.54 Å². The molecule has 6 heteroatoms. The van der Waals surface area contributed by atoms with E-state index in [0.29, 0.717) is 24.7 Å². The number of fused-ring (bicyclic) bond motifs is 1. The van der Waals surface area contributed by atoms with Crippen LogP contribution in [0.5, 0.6) is 11.5 Å². The quantitative estimate of drug-likeness (QED) is 0.766. The number of ketones is 1. The number of hydrogen-bond acceptors (Lipinski definition) is 6. The van der Waals surface area contributed by atoms with Gasteiger partial charge in [0.05, 0.1) is 19.1 Å². The van der Waals surface area contributed by atoms with Crippen LogP contribution in [0.15, 0.2) is 18.2 Å². The molecule has 0 saturated carbocycles. The molecule has 2 rings (SSSR count). The van der Waals surface area contributed by atoms with Crippen molar-refractivity contribution in [2.45, 2.75) is 32.9 Å². The maximum atomic E-state index is 11.6. The Bertz CT molecular complexity index is 529. The summed E-state index contributed by atoms with van der Waals surface area (Å²) in [6, 6.07) is 5.03. The summed E-state index contributed by atoms with van der Waals surface area (Å²) in [7, 11) is 0. The molecule has 0 aromatic heterocycles. The van der Waals surface area contributed by atoms with E-state index in [4.69, 9.17) is 14.2 Å². The molecule has 1 heterocycles. The van der Waals surface area contributed by atoms with Crippen molar-refractivity contribution < 1.29 is 23.8 Å². The summed E-state index contributed by atoms with van der Waals surface area (Å²) in [5.74, 6) is 0.937. The van der Waals surface area contributed by atoms with Gasteiger partial charge in [-0.3, -0.25) is 9.59 Å². The Labute approximate surface area is 123 Å². The van der Waals surface area contributed by atoms with Crippen molar-refractivity contribution in [1.29, 1.82) is 0 Å². The number of hydrogen-bond donors (Lipinski definition) is 1. The van der Waals surface area contributed by atoms with Gasteiger partial charge in [-0.25, -0.2) is 0 Å². The van der Waals surface area contributed by atoms with Gasteiger partial charge >= 0.3 is 5.97 Å². The van der Waals surface area contributed by atoms with E-state index in [9.17, 15) is 9.59 Å². The van der Waals surface area contributed by atoms with Crippen molar-refractivity contribution >= 4 is 11.8 Å². The van der Waals surface area contributed by atoms with Gasteiger partial charge in [0.1, 0.15) is 5.78 Å². The summed E-state index contributed by atoms with van der Waals surface area (Å²) in [6.07, 6.45) is 0.0354. The van der Waals surface area contributed by atoms with Gasteiger partial charge in [-0.05, 0) is 31.5 Å². The third-order valence-corrected chi connectivity index (χ3v) is 3.16. The standard InChI is InChI=1S/C15H19NO5/c1-3-19-15(18)7-12(10(2)17)16-8-11-4-5-13-14(6-11)21-9-20-13/h4-6,12,16H,3,7-9H2,1-2H3. The highest BCUT2D eigenvalue weighted by molar-refractivity contribution is 5.86. The zero-order valence-electron chi connectivity index (χ0n) is 12.2. The first-order valence-electron chi connectivity index (χ1n) is 6.88. The highest BCUT2D eigenvalue weighted by Crippen LogP contribution is 2.32. The van der Waals surface area contributed by atoms with Crippen LogP contribution in [-0.4, -0.2) is 31.2 Å². The highest BCUT2D eigenvalue weighted by Gasteiger charge is 2.19. The third kappa shape index (κ3) is 4.19. The molecule has 0 amide bonds. The molecule has 0 spiro atoms. The molecule has 1 N–H and O–H groups in total. The second kappa shape index (κ2) is 7.08. The summed E-state index contributed by atoms with van der Waals surface area (Å²) in [5, 5.41) is 3.07. The third-order valence-electron chi connectivity index (χ3n) is 3.16. The van der Waals surface area contributed by atoms with Crippen molar-refractivity contribution in [3.05, 3.63) is 23.8 Å². The highest BCUT2D eigenvalue weighted by atomic mass is 16.7. The number of Topliss-reactive ketones (excluding diaryl/α,β-unsaturated/α-hetero) is 1. The van der Waals surface area contributed by atoms with E-state index in [1.807, 2.05) is 18.2 Å². The minimum Gasteiger partial charge on any atom is -0.466 e. The SMILES string of the molecule is CCOC(=O)CC(NCc1ccc2c(c1)OCO2)C(C)=O. The van der Waals surface area contributed by atoms with Crippen molar-refractivity contribution in [2.24, 2.45) is 0 Å². The van der Waals surface area contributed by atoms with Crippen molar-refractivity contribution in [3.8, 4) is 11.5 Å². The molecule has 0 radical (unpaired) electrons. The first-order valence-corrected chi connectivity index (χ1v) is 6.88. The maximum absolute atomic E-state index is 11.6. The van der Waals surface area contributed by atoms with Crippen LogP contribution >= 0.6 is 0 Å². The largest absolute Gasteiger partial charge is 0.466 e. The minimum absolute atomic E-state index is 0.0354. The van der Waals surface area contributed by atoms with Crippen molar-refractivity contribution in [3.63, 3.8) is 0 Å². The lowest BCUT2D eigenvalue weighted by atomic mass is 10.1. The van der Waals surface area contributed by atoms with Crippen LogP contribution in [0.2, 0.25) is 0 Å². The van der Waals surface area contributed by atoms with Gasteiger partial charge in [-0.2, -0.15) is 0 Å². The molecule has 1 aliphatic heterocycles. The Morgan fingerprint density at radius 2 is 2.10 bits per heavy atom. The summed E-state index contributed by atoms with van der Waals surface area (Å²) in [4.78, 5) is 23.0. The average Bonchev–Trinajstić information content (AvgIpc) is 2.90. The molecule has 0 saturated heterocycles. The Kier molecular flexibility index (Phi) is 5.16. The second-order valence-electron chi connectivity index (χ2n) is 4.74. The molecule has 1 unspecified atom stereocenters. The number of benzene rings is 1. The first kappa shape index (κ1) is 15.3. The van der Waals surface area contributed by atoms with E-state index in [0.717, 1.165) is 5.56 Å². The zero-order valence-corrected chi connectivity index (χ0v) is 12.2. The first-order chi connectivity index (χ1) is 10.1. The smallest absolute Gasteiger partial charge is 0.307 e. The Hall–Kier alpha value is -2.08. The van der Waals surface area contributed by atoms with Gasteiger partial charge in [0.25, 0.3) is 0 Å². The van der Waals surface area contributed by atoms with E-state index in [-0.39, 0.29) is 25.0 Å². The van der Waals surface area contributed by atoms with Crippen LogP contribution in [-0.2, 0) is 20.9 Å². The fourth-order valence-corrected chi connectivity index (χ4v) is 2.04. The fourth-order valence-electron chi connectivity index (χ4n) is 2.04. The summed E-state index contributed by atoms with van der Waals surface area (Å²) < 4.78 is 15.4.